The van der Waals surface area contributed by atoms with Gasteiger partial charge in [-0.3, -0.25) is 4.79 Å². The number of aromatic nitrogens is 1. The van der Waals surface area contributed by atoms with Crippen molar-refractivity contribution in [3.63, 3.8) is 0 Å². The molecule has 1 heterocycles. The molecule has 2 N–H and O–H groups in total. The summed E-state index contributed by atoms with van der Waals surface area (Å²) in [5, 5.41) is 11.7. The molecule has 0 spiro atoms. The van der Waals surface area contributed by atoms with E-state index in [4.69, 9.17) is 5.11 Å². The topological polar surface area (TPSA) is 79.3 Å². The summed E-state index contributed by atoms with van der Waals surface area (Å²) in [6.07, 6.45) is 5.28. The zero-order chi connectivity index (χ0) is 13.9. The quantitative estimate of drug-likeness (QED) is 0.882. The molecular weight excluding hydrogens is 256 g/mol. The van der Waals surface area contributed by atoms with Gasteiger partial charge in [-0.2, -0.15) is 0 Å². The predicted molar refractivity (Wildman–Crippen MR) is 71.1 cm³/mol. The molecule has 4 unspecified atom stereocenters. The molecule has 3 aliphatic carbocycles. The van der Waals surface area contributed by atoms with Crippen LogP contribution in [-0.2, 0) is 4.79 Å². The molecule has 4 atom stereocenters. The lowest BCUT2D eigenvalue weighted by molar-refractivity contribution is -0.118. The minimum atomic E-state index is -1.01. The zero-order valence-corrected chi connectivity index (χ0v) is 11.0. The monoisotopic (exact) mass is 272 g/mol. The second-order valence-corrected chi connectivity index (χ2v) is 6.24. The Hall–Kier alpha value is -1.91. The Labute approximate surface area is 116 Å². The molecular formula is C15H16N2O3. The van der Waals surface area contributed by atoms with E-state index in [9.17, 15) is 9.59 Å². The van der Waals surface area contributed by atoms with E-state index in [1.54, 1.807) is 0 Å². The van der Waals surface area contributed by atoms with Crippen LogP contribution in [0.2, 0.25) is 0 Å². The molecule has 1 aromatic heterocycles. The fourth-order valence-electron chi connectivity index (χ4n) is 4.52. The molecule has 1 amide bonds. The number of carboxylic acid groups (broad SMARTS) is 1. The highest BCUT2D eigenvalue weighted by Crippen LogP contribution is 2.69. The molecule has 0 aliphatic heterocycles. The molecule has 2 bridgehead atoms. The third-order valence-electron chi connectivity index (χ3n) is 5.30. The van der Waals surface area contributed by atoms with Gasteiger partial charge in [-0.1, -0.05) is 0 Å². The number of nitrogens with one attached hydrogen (secondary N) is 1. The van der Waals surface area contributed by atoms with E-state index in [0.29, 0.717) is 17.7 Å². The van der Waals surface area contributed by atoms with Crippen LogP contribution in [0.25, 0.3) is 0 Å². The van der Waals surface area contributed by atoms with Crippen LogP contribution < -0.4 is 5.32 Å². The number of nitrogens with zero attached hydrogens (tertiary/aromatic N) is 1. The number of fused-ring (bicyclic) bond motifs is 5. The van der Waals surface area contributed by atoms with Gasteiger partial charge in [0.05, 0.1) is 5.56 Å². The van der Waals surface area contributed by atoms with Gasteiger partial charge in [-0.25, -0.2) is 9.78 Å². The van der Waals surface area contributed by atoms with Crippen molar-refractivity contribution in [1.29, 1.82) is 0 Å². The van der Waals surface area contributed by atoms with Crippen molar-refractivity contribution < 1.29 is 14.7 Å². The summed E-state index contributed by atoms with van der Waals surface area (Å²) in [4.78, 5) is 27.2. The smallest absolute Gasteiger partial charge is 0.335 e. The first kappa shape index (κ1) is 11.9. The number of carboxylic acids is 1. The lowest BCUT2D eigenvalue weighted by Crippen LogP contribution is -2.19. The first-order chi connectivity index (χ1) is 9.65. The Bertz CT molecular complexity index is 585. The zero-order valence-electron chi connectivity index (χ0n) is 11.0. The highest BCUT2D eigenvalue weighted by Gasteiger charge is 2.67. The van der Waals surface area contributed by atoms with E-state index in [1.165, 1.54) is 37.6 Å². The fourth-order valence-corrected chi connectivity index (χ4v) is 4.52. The number of carbonyl (C=O) groups excluding carboxylic acids is 1. The Morgan fingerprint density at radius 3 is 2.60 bits per heavy atom. The van der Waals surface area contributed by atoms with Crippen molar-refractivity contribution in [2.24, 2.45) is 29.6 Å². The second-order valence-electron chi connectivity index (χ2n) is 6.24. The van der Waals surface area contributed by atoms with Crippen LogP contribution in [0.1, 0.15) is 29.6 Å². The Morgan fingerprint density at radius 2 is 1.95 bits per heavy atom. The van der Waals surface area contributed by atoms with Gasteiger partial charge in [0.25, 0.3) is 0 Å². The van der Waals surface area contributed by atoms with Gasteiger partial charge < -0.3 is 10.4 Å². The Morgan fingerprint density at radius 1 is 1.25 bits per heavy atom. The molecule has 104 valence electrons. The van der Waals surface area contributed by atoms with Crippen molar-refractivity contribution >= 4 is 17.7 Å². The molecule has 0 aromatic carbocycles. The lowest BCUT2D eigenvalue weighted by Gasteiger charge is -2.09. The van der Waals surface area contributed by atoms with Crippen LogP contribution >= 0.6 is 0 Å². The predicted octanol–water partition coefficient (Wildman–Crippen LogP) is 2.01. The van der Waals surface area contributed by atoms with Crippen LogP contribution in [0.15, 0.2) is 18.3 Å². The summed E-state index contributed by atoms with van der Waals surface area (Å²) in [7, 11) is 0. The largest absolute Gasteiger partial charge is 0.478 e. The lowest BCUT2D eigenvalue weighted by atomic mass is 10.0. The maximum atomic E-state index is 12.3. The average Bonchev–Trinajstić information content (AvgIpc) is 2.88. The van der Waals surface area contributed by atoms with Crippen molar-refractivity contribution in [2.45, 2.75) is 19.3 Å². The van der Waals surface area contributed by atoms with E-state index >= 15 is 0 Å². The second kappa shape index (κ2) is 4.04. The highest BCUT2D eigenvalue weighted by molar-refractivity contribution is 5.96. The summed E-state index contributed by atoms with van der Waals surface area (Å²) in [5.41, 5.74) is 0.145. The molecule has 4 rings (SSSR count). The number of anilines is 1. The molecule has 0 radical (unpaired) electrons. The summed E-state index contributed by atoms with van der Waals surface area (Å²) in [6.45, 7) is 0. The van der Waals surface area contributed by atoms with E-state index < -0.39 is 5.97 Å². The Kier molecular flexibility index (Phi) is 2.40. The van der Waals surface area contributed by atoms with Crippen molar-refractivity contribution in [2.75, 3.05) is 5.32 Å². The first-order valence-electron chi connectivity index (χ1n) is 7.15. The highest BCUT2D eigenvalue weighted by atomic mass is 16.4. The molecule has 5 heteroatoms. The number of rotatable bonds is 3. The number of aromatic carboxylic acids is 1. The maximum Gasteiger partial charge on any atom is 0.335 e. The van der Waals surface area contributed by atoms with E-state index in [2.05, 4.69) is 10.3 Å². The number of pyridine rings is 1. The van der Waals surface area contributed by atoms with Gasteiger partial charge in [0.2, 0.25) is 5.91 Å². The summed E-state index contributed by atoms with van der Waals surface area (Å²) >= 11 is 0. The third-order valence-corrected chi connectivity index (χ3v) is 5.30. The van der Waals surface area contributed by atoms with E-state index in [0.717, 1.165) is 11.8 Å². The summed E-state index contributed by atoms with van der Waals surface area (Å²) < 4.78 is 0. The van der Waals surface area contributed by atoms with E-state index in [1.807, 2.05) is 0 Å². The van der Waals surface area contributed by atoms with Gasteiger partial charge in [-0.05, 0) is 55.1 Å². The number of carbonyl (C=O) groups is 2. The molecule has 3 aliphatic rings. The maximum absolute atomic E-state index is 12.3. The standard InChI is InChI=1S/C15H16N2O3/c18-14(13-11-7-1-2-8(5-7)12(11)13)17-10-6-9(15(19)20)3-4-16-10/h3-4,6-8,11-13H,1-2,5H2,(H,19,20)(H,16,17,18). The van der Waals surface area contributed by atoms with Crippen molar-refractivity contribution in [1.82, 2.24) is 4.98 Å². The molecule has 1 aromatic rings. The normalized spacial score (nSPS) is 36.5. The van der Waals surface area contributed by atoms with Gasteiger partial charge in [0, 0.05) is 12.1 Å². The van der Waals surface area contributed by atoms with Crippen LogP contribution in [0.4, 0.5) is 5.82 Å². The van der Waals surface area contributed by atoms with Gasteiger partial charge in [-0.15, -0.1) is 0 Å². The number of amides is 1. The van der Waals surface area contributed by atoms with Crippen LogP contribution in [-0.4, -0.2) is 22.0 Å². The van der Waals surface area contributed by atoms with Gasteiger partial charge in [0.1, 0.15) is 5.82 Å². The first-order valence-corrected chi connectivity index (χ1v) is 7.15. The Balaban J connectivity index is 1.46. The molecule has 20 heavy (non-hydrogen) atoms. The minimum absolute atomic E-state index is 0.0200. The number of hydrogen-bond donors (Lipinski definition) is 2. The van der Waals surface area contributed by atoms with Crippen LogP contribution in [0, 0.1) is 29.6 Å². The fraction of sp³-hybridized carbons (Fsp3) is 0.533. The molecule has 3 fully saturated rings. The van der Waals surface area contributed by atoms with Crippen LogP contribution in [0.5, 0.6) is 0 Å². The molecule has 5 nitrogen and oxygen atoms in total. The minimum Gasteiger partial charge on any atom is -0.478 e. The van der Waals surface area contributed by atoms with Crippen molar-refractivity contribution in [3.05, 3.63) is 23.9 Å². The SMILES string of the molecule is O=C(O)c1ccnc(NC(=O)C2C3C4CCC(C4)C23)c1. The van der Waals surface area contributed by atoms with Crippen LogP contribution in [0.3, 0.4) is 0 Å². The third kappa shape index (κ3) is 1.65. The van der Waals surface area contributed by atoms with Gasteiger partial charge >= 0.3 is 5.97 Å². The van der Waals surface area contributed by atoms with E-state index in [-0.39, 0.29) is 17.4 Å². The molecule has 0 saturated heterocycles. The summed E-state index contributed by atoms with van der Waals surface area (Å²) in [6, 6.07) is 2.83. The van der Waals surface area contributed by atoms with Crippen molar-refractivity contribution in [3.8, 4) is 0 Å². The summed E-state index contributed by atoms with van der Waals surface area (Å²) in [5.74, 6) is 2.14. The number of hydrogen-bond acceptors (Lipinski definition) is 3. The molecule has 3 saturated carbocycles. The average molecular weight is 272 g/mol. The van der Waals surface area contributed by atoms with Gasteiger partial charge in [0.15, 0.2) is 0 Å².